The van der Waals surface area contributed by atoms with E-state index in [1.165, 1.54) is 0 Å². The number of aromatic nitrogens is 4. The van der Waals surface area contributed by atoms with Crippen molar-refractivity contribution in [3.63, 3.8) is 0 Å². The van der Waals surface area contributed by atoms with Crippen LogP contribution in [0.1, 0.15) is 22.6 Å². The quantitative estimate of drug-likeness (QED) is 0.526. The zero-order valence-electron chi connectivity index (χ0n) is 13.7. The number of rotatable bonds is 8. The van der Waals surface area contributed by atoms with Crippen LogP contribution < -0.4 is 10.6 Å². The normalized spacial score (nSPS) is 10.8. The van der Waals surface area contributed by atoms with Crippen LogP contribution in [0.3, 0.4) is 0 Å². The summed E-state index contributed by atoms with van der Waals surface area (Å²) in [6.07, 6.45) is 1.17. The van der Waals surface area contributed by atoms with Crippen LogP contribution in [-0.4, -0.2) is 50.5 Å². The first-order chi connectivity index (χ1) is 12.3. The van der Waals surface area contributed by atoms with Gasteiger partial charge in [-0.05, 0) is 30.7 Å². The van der Waals surface area contributed by atoms with Crippen molar-refractivity contribution in [2.75, 3.05) is 25.0 Å². The van der Waals surface area contributed by atoms with Gasteiger partial charge in [0.2, 0.25) is 0 Å². The van der Waals surface area contributed by atoms with Crippen LogP contribution in [-0.2, 0) is 6.42 Å². The fourth-order valence-corrected chi connectivity index (χ4v) is 2.36. The molecule has 0 saturated heterocycles. The lowest BCUT2D eigenvalue weighted by Crippen LogP contribution is -2.26. The minimum atomic E-state index is -0.117. The molecule has 3 rings (SSSR count). The number of benzene rings is 1. The molecule has 3 aromatic rings. The van der Waals surface area contributed by atoms with Crippen LogP contribution in [0.2, 0.25) is 0 Å². The highest BCUT2D eigenvalue weighted by Crippen LogP contribution is 2.07. The second kappa shape index (κ2) is 8.20. The molecule has 0 unspecified atom stereocenters. The summed E-state index contributed by atoms with van der Waals surface area (Å²) in [4.78, 5) is 12.0. The van der Waals surface area contributed by atoms with E-state index in [-0.39, 0.29) is 12.5 Å². The predicted molar refractivity (Wildman–Crippen MR) is 93.5 cm³/mol. The summed E-state index contributed by atoms with van der Waals surface area (Å²) in [5, 5.41) is 27.5. The zero-order valence-corrected chi connectivity index (χ0v) is 13.7. The number of anilines is 1. The second-order valence-corrected chi connectivity index (χ2v) is 5.48. The van der Waals surface area contributed by atoms with Crippen molar-refractivity contribution in [1.29, 1.82) is 0 Å². The molecule has 0 saturated carbocycles. The number of carbonyl (C=O) groups is 1. The Bertz CT molecular complexity index is 834. The Morgan fingerprint density at radius 1 is 1.08 bits per heavy atom. The lowest BCUT2D eigenvalue weighted by molar-refractivity contribution is 0.0954. The van der Waals surface area contributed by atoms with Gasteiger partial charge in [0.15, 0.2) is 11.5 Å². The molecule has 2 aromatic heterocycles. The van der Waals surface area contributed by atoms with Crippen molar-refractivity contribution >= 4 is 17.4 Å². The maximum Gasteiger partial charge on any atom is 0.251 e. The van der Waals surface area contributed by atoms with Crippen LogP contribution in [0.4, 0.5) is 5.82 Å². The van der Waals surface area contributed by atoms with Crippen molar-refractivity contribution in [2.45, 2.75) is 12.8 Å². The first kappa shape index (κ1) is 16.8. The summed E-state index contributed by atoms with van der Waals surface area (Å²) in [7, 11) is 0. The van der Waals surface area contributed by atoms with Crippen LogP contribution in [0.15, 0.2) is 42.5 Å². The smallest absolute Gasteiger partial charge is 0.251 e. The van der Waals surface area contributed by atoms with Crippen molar-refractivity contribution < 1.29 is 9.90 Å². The van der Waals surface area contributed by atoms with Crippen LogP contribution in [0, 0.1) is 0 Å². The molecule has 3 N–H and O–H groups in total. The fourth-order valence-electron chi connectivity index (χ4n) is 2.36. The summed E-state index contributed by atoms with van der Waals surface area (Å²) in [6, 6.07) is 12.7. The highest BCUT2D eigenvalue weighted by molar-refractivity contribution is 5.94. The molecule has 8 heteroatoms. The minimum Gasteiger partial charge on any atom is -0.396 e. The standard InChI is InChI=1S/C17H20N6O2/c24-12-4-10-18-14-7-8-15-20-21-16(23(15)22-14)9-11-19-17(25)13-5-2-1-3-6-13/h1-3,5-8,24H,4,9-12H2,(H,18,22)(H,19,25). The Kier molecular flexibility index (Phi) is 5.53. The maximum absolute atomic E-state index is 12.0. The van der Waals surface area contributed by atoms with Crippen LogP contribution >= 0.6 is 0 Å². The summed E-state index contributed by atoms with van der Waals surface area (Å²) in [5.41, 5.74) is 1.28. The van der Waals surface area contributed by atoms with Gasteiger partial charge in [0.05, 0.1) is 0 Å². The van der Waals surface area contributed by atoms with Gasteiger partial charge >= 0.3 is 0 Å². The summed E-state index contributed by atoms with van der Waals surface area (Å²) in [6.45, 7) is 1.21. The van der Waals surface area contributed by atoms with Gasteiger partial charge in [-0.3, -0.25) is 4.79 Å². The van der Waals surface area contributed by atoms with Gasteiger partial charge in [-0.1, -0.05) is 18.2 Å². The molecule has 130 valence electrons. The molecule has 0 bridgehead atoms. The van der Waals surface area contributed by atoms with Crippen molar-refractivity contribution in [3.8, 4) is 0 Å². The first-order valence-electron chi connectivity index (χ1n) is 8.17. The fraction of sp³-hybridized carbons (Fsp3) is 0.294. The van der Waals surface area contributed by atoms with Gasteiger partial charge in [0, 0.05) is 31.7 Å². The number of hydrogen-bond donors (Lipinski definition) is 3. The molecule has 0 atom stereocenters. The van der Waals surface area contributed by atoms with E-state index in [1.807, 2.05) is 30.3 Å². The number of aliphatic hydroxyl groups excluding tert-OH is 1. The molecule has 1 aromatic carbocycles. The van der Waals surface area contributed by atoms with Crippen molar-refractivity contribution in [2.24, 2.45) is 0 Å². The highest BCUT2D eigenvalue weighted by Gasteiger charge is 2.09. The van der Waals surface area contributed by atoms with Crippen LogP contribution in [0.25, 0.3) is 5.65 Å². The number of nitrogens with zero attached hydrogens (tertiary/aromatic N) is 4. The molecule has 1 amide bonds. The van der Waals surface area contributed by atoms with Gasteiger partial charge in [-0.2, -0.15) is 4.52 Å². The summed E-state index contributed by atoms with van der Waals surface area (Å²) >= 11 is 0. The van der Waals surface area contributed by atoms with Crippen molar-refractivity contribution in [3.05, 3.63) is 53.9 Å². The largest absolute Gasteiger partial charge is 0.396 e. The van der Waals surface area contributed by atoms with E-state index in [2.05, 4.69) is 25.9 Å². The Balaban J connectivity index is 1.61. The molecule has 2 heterocycles. The van der Waals surface area contributed by atoms with Gasteiger partial charge < -0.3 is 15.7 Å². The predicted octanol–water partition coefficient (Wildman–Crippen LogP) is 0.891. The third-order valence-corrected chi connectivity index (χ3v) is 3.64. The van der Waals surface area contributed by atoms with E-state index in [0.717, 1.165) is 0 Å². The minimum absolute atomic E-state index is 0.117. The number of fused-ring (bicyclic) bond motifs is 1. The van der Waals surface area contributed by atoms with E-state index >= 15 is 0 Å². The zero-order chi connectivity index (χ0) is 17.5. The van der Waals surface area contributed by atoms with Crippen LogP contribution in [0.5, 0.6) is 0 Å². The molecule has 8 nitrogen and oxygen atoms in total. The maximum atomic E-state index is 12.0. The average molecular weight is 340 g/mol. The second-order valence-electron chi connectivity index (χ2n) is 5.48. The number of nitrogens with one attached hydrogen (secondary N) is 2. The molecule has 25 heavy (non-hydrogen) atoms. The molecule has 0 aliphatic heterocycles. The molecule has 0 spiro atoms. The molecular formula is C17H20N6O2. The van der Waals surface area contributed by atoms with E-state index in [4.69, 9.17) is 5.11 Å². The Hall–Kier alpha value is -3.00. The SMILES string of the molecule is O=C(NCCc1nnc2ccc(NCCCO)nn12)c1ccccc1. The Morgan fingerprint density at radius 2 is 1.92 bits per heavy atom. The summed E-state index contributed by atoms with van der Waals surface area (Å²) in [5.74, 6) is 1.25. The van der Waals surface area contributed by atoms with E-state index in [1.54, 1.807) is 16.6 Å². The average Bonchev–Trinajstić information content (AvgIpc) is 3.05. The van der Waals surface area contributed by atoms with E-state index in [0.29, 0.717) is 48.8 Å². The molecule has 0 radical (unpaired) electrons. The molecule has 0 fully saturated rings. The molecule has 0 aliphatic rings. The monoisotopic (exact) mass is 340 g/mol. The van der Waals surface area contributed by atoms with E-state index < -0.39 is 0 Å². The number of aliphatic hydroxyl groups is 1. The molecule has 0 aliphatic carbocycles. The van der Waals surface area contributed by atoms with E-state index in [9.17, 15) is 4.79 Å². The van der Waals surface area contributed by atoms with Crippen molar-refractivity contribution in [1.82, 2.24) is 25.1 Å². The van der Waals surface area contributed by atoms with Gasteiger partial charge in [0.25, 0.3) is 5.91 Å². The lowest BCUT2D eigenvalue weighted by Gasteiger charge is -2.06. The first-order valence-corrected chi connectivity index (χ1v) is 8.17. The Morgan fingerprint density at radius 3 is 2.72 bits per heavy atom. The Labute approximate surface area is 144 Å². The number of hydrogen-bond acceptors (Lipinski definition) is 6. The third-order valence-electron chi connectivity index (χ3n) is 3.64. The number of amides is 1. The van der Waals surface area contributed by atoms with Gasteiger partial charge in [-0.25, -0.2) is 0 Å². The molecular weight excluding hydrogens is 320 g/mol. The number of carbonyl (C=O) groups excluding carboxylic acids is 1. The van der Waals surface area contributed by atoms with Gasteiger partial charge in [0.1, 0.15) is 5.82 Å². The third kappa shape index (κ3) is 4.30. The highest BCUT2D eigenvalue weighted by atomic mass is 16.3. The summed E-state index contributed by atoms with van der Waals surface area (Å²) < 4.78 is 1.66. The topological polar surface area (TPSA) is 104 Å². The lowest BCUT2D eigenvalue weighted by atomic mass is 10.2. The van der Waals surface area contributed by atoms with Gasteiger partial charge in [-0.15, -0.1) is 15.3 Å².